The molecule has 0 saturated carbocycles. The molecule has 5 nitrogen and oxygen atoms in total. The summed E-state index contributed by atoms with van der Waals surface area (Å²) in [5.74, 6) is -0.710. The summed E-state index contributed by atoms with van der Waals surface area (Å²) in [6.07, 6.45) is 4.20. The van der Waals surface area contributed by atoms with Crippen molar-refractivity contribution < 1.29 is 15.0 Å². The van der Waals surface area contributed by atoms with Gasteiger partial charge in [-0.05, 0) is 37.6 Å². The lowest BCUT2D eigenvalue weighted by Gasteiger charge is -2.04. The fourth-order valence-corrected chi connectivity index (χ4v) is 1.60. The van der Waals surface area contributed by atoms with Crippen LogP contribution in [0.3, 0.4) is 0 Å². The number of carbonyl (C=O) groups is 1. The molecule has 1 aromatic rings. The molecule has 0 aliphatic heterocycles. The molecule has 19 heavy (non-hydrogen) atoms. The Morgan fingerprint density at radius 1 is 1.37 bits per heavy atom. The van der Waals surface area contributed by atoms with Gasteiger partial charge >= 0.3 is 0 Å². The van der Waals surface area contributed by atoms with E-state index in [4.69, 9.17) is 17.3 Å². The molecular formula is C13H17ClN2O3. The van der Waals surface area contributed by atoms with Crippen LogP contribution in [0.1, 0.15) is 18.4 Å². The normalized spacial score (nSPS) is 10.8. The van der Waals surface area contributed by atoms with E-state index in [0.29, 0.717) is 13.1 Å². The Morgan fingerprint density at radius 2 is 2.11 bits per heavy atom. The molecular weight excluding hydrogens is 268 g/mol. The number of nitrogens with two attached hydrogens (primary N) is 1. The number of amides is 1. The summed E-state index contributed by atoms with van der Waals surface area (Å²) in [5.41, 5.74) is 5.45. The van der Waals surface area contributed by atoms with E-state index in [1.54, 1.807) is 0 Å². The molecule has 0 spiro atoms. The zero-order valence-electron chi connectivity index (χ0n) is 10.4. The van der Waals surface area contributed by atoms with Gasteiger partial charge in [0.05, 0.1) is 10.6 Å². The van der Waals surface area contributed by atoms with Crippen LogP contribution in [0.5, 0.6) is 11.5 Å². The second-order valence-electron chi connectivity index (χ2n) is 3.95. The summed E-state index contributed by atoms with van der Waals surface area (Å²) >= 11 is 5.71. The first-order valence-corrected chi connectivity index (χ1v) is 6.30. The number of hydrogen-bond acceptors (Lipinski definition) is 4. The van der Waals surface area contributed by atoms with Gasteiger partial charge in [-0.25, -0.2) is 0 Å². The van der Waals surface area contributed by atoms with Crippen molar-refractivity contribution in [2.75, 3.05) is 13.1 Å². The van der Waals surface area contributed by atoms with Gasteiger partial charge in [-0.15, -0.1) is 0 Å². The lowest BCUT2D eigenvalue weighted by atomic mass is 10.1. The zero-order chi connectivity index (χ0) is 14.3. The minimum Gasteiger partial charge on any atom is -0.507 e. The van der Waals surface area contributed by atoms with Crippen LogP contribution in [0.15, 0.2) is 18.2 Å². The number of halogens is 1. The van der Waals surface area contributed by atoms with Crippen molar-refractivity contribution in [1.82, 2.24) is 5.32 Å². The van der Waals surface area contributed by atoms with Crippen LogP contribution in [-0.2, 0) is 4.79 Å². The van der Waals surface area contributed by atoms with Crippen molar-refractivity contribution in [3.8, 4) is 11.5 Å². The van der Waals surface area contributed by atoms with Gasteiger partial charge in [0, 0.05) is 12.6 Å². The molecule has 1 aromatic carbocycles. The standard InChI is InChI=1S/C13H17ClN2O3/c14-10-4-5-11(17)9(13(10)19)3-6-12(18)16-8-2-1-7-15/h3-6,17,19H,1-2,7-8,15H2,(H,16,18). The zero-order valence-corrected chi connectivity index (χ0v) is 11.2. The first kappa shape index (κ1) is 15.3. The third-order valence-corrected chi connectivity index (χ3v) is 2.78. The number of rotatable bonds is 6. The largest absolute Gasteiger partial charge is 0.507 e. The molecule has 0 saturated heterocycles. The van der Waals surface area contributed by atoms with Crippen molar-refractivity contribution >= 4 is 23.6 Å². The van der Waals surface area contributed by atoms with Crippen LogP contribution < -0.4 is 11.1 Å². The Morgan fingerprint density at radius 3 is 2.79 bits per heavy atom. The Hall–Kier alpha value is -1.72. The highest BCUT2D eigenvalue weighted by Gasteiger charge is 2.08. The number of nitrogens with one attached hydrogen (secondary N) is 1. The second kappa shape index (κ2) is 7.66. The van der Waals surface area contributed by atoms with Crippen LogP contribution in [0.25, 0.3) is 6.08 Å². The molecule has 0 fully saturated rings. The van der Waals surface area contributed by atoms with E-state index in [-0.39, 0.29) is 28.0 Å². The van der Waals surface area contributed by atoms with E-state index in [2.05, 4.69) is 5.32 Å². The summed E-state index contributed by atoms with van der Waals surface area (Å²) in [7, 11) is 0. The average Bonchev–Trinajstić information content (AvgIpc) is 2.39. The molecule has 0 unspecified atom stereocenters. The number of aromatic hydroxyl groups is 2. The number of benzene rings is 1. The third kappa shape index (κ3) is 4.81. The highest BCUT2D eigenvalue weighted by Crippen LogP contribution is 2.34. The predicted molar refractivity (Wildman–Crippen MR) is 75.1 cm³/mol. The van der Waals surface area contributed by atoms with Gasteiger partial charge in [-0.1, -0.05) is 11.6 Å². The van der Waals surface area contributed by atoms with Crippen LogP contribution >= 0.6 is 11.6 Å². The first-order chi connectivity index (χ1) is 9.06. The number of unbranched alkanes of at least 4 members (excludes halogenated alkanes) is 1. The molecule has 0 aliphatic carbocycles. The maximum Gasteiger partial charge on any atom is 0.244 e. The molecule has 0 atom stereocenters. The van der Waals surface area contributed by atoms with E-state index in [0.717, 1.165) is 12.8 Å². The molecule has 5 N–H and O–H groups in total. The molecule has 0 bridgehead atoms. The molecule has 0 heterocycles. The van der Waals surface area contributed by atoms with Crippen molar-refractivity contribution in [2.24, 2.45) is 5.73 Å². The van der Waals surface area contributed by atoms with Gasteiger partial charge in [0.1, 0.15) is 11.5 Å². The Labute approximate surface area is 116 Å². The lowest BCUT2D eigenvalue weighted by Crippen LogP contribution is -2.22. The summed E-state index contributed by atoms with van der Waals surface area (Å²) in [6, 6.07) is 2.72. The Bertz CT molecular complexity index is 475. The fraction of sp³-hybridized carbons (Fsp3) is 0.308. The molecule has 0 aliphatic rings. The predicted octanol–water partition coefficient (Wildman–Crippen LogP) is 1.62. The van der Waals surface area contributed by atoms with E-state index >= 15 is 0 Å². The Balaban J connectivity index is 2.61. The van der Waals surface area contributed by atoms with Crippen molar-refractivity contribution in [1.29, 1.82) is 0 Å². The minimum absolute atomic E-state index is 0.112. The third-order valence-electron chi connectivity index (χ3n) is 2.48. The van der Waals surface area contributed by atoms with Gasteiger partial charge in [0.2, 0.25) is 5.91 Å². The van der Waals surface area contributed by atoms with E-state index < -0.39 is 0 Å². The summed E-state index contributed by atoms with van der Waals surface area (Å²) in [4.78, 5) is 11.5. The summed E-state index contributed by atoms with van der Waals surface area (Å²) in [5, 5.41) is 22.0. The fourth-order valence-electron chi connectivity index (χ4n) is 1.43. The smallest absolute Gasteiger partial charge is 0.244 e. The quantitative estimate of drug-likeness (QED) is 0.471. The van der Waals surface area contributed by atoms with E-state index in [1.165, 1.54) is 24.3 Å². The number of hydrogen-bond donors (Lipinski definition) is 4. The van der Waals surface area contributed by atoms with Crippen LogP contribution in [0.4, 0.5) is 0 Å². The molecule has 0 aromatic heterocycles. The Kier molecular flexibility index (Phi) is 6.18. The topological polar surface area (TPSA) is 95.6 Å². The molecule has 6 heteroatoms. The minimum atomic E-state index is -0.309. The molecule has 0 radical (unpaired) electrons. The monoisotopic (exact) mass is 284 g/mol. The second-order valence-corrected chi connectivity index (χ2v) is 4.36. The number of carbonyl (C=O) groups excluding carboxylic acids is 1. The molecule has 1 rings (SSSR count). The highest BCUT2D eigenvalue weighted by atomic mass is 35.5. The molecule has 1 amide bonds. The van der Waals surface area contributed by atoms with Crippen LogP contribution in [-0.4, -0.2) is 29.2 Å². The highest BCUT2D eigenvalue weighted by molar-refractivity contribution is 6.32. The number of phenolic OH excluding ortho intramolecular Hbond substituents is 2. The summed E-state index contributed by atoms with van der Waals surface area (Å²) < 4.78 is 0. The van der Waals surface area contributed by atoms with Crippen LogP contribution in [0, 0.1) is 0 Å². The van der Waals surface area contributed by atoms with E-state index in [1.807, 2.05) is 0 Å². The van der Waals surface area contributed by atoms with Crippen molar-refractivity contribution in [3.63, 3.8) is 0 Å². The van der Waals surface area contributed by atoms with Crippen LogP contribution in [0.2, 0.25) is 5.02 Å². The molecule has 104 valence electrons. The van der Waals surface area contributed by atoms with Crippen molar-refractivity contribution in [2.45, 2.75) is 12.8 Å². The maximum absolute atomic E-state index is 11.5. The van der Waals surface area contributed by atoms with Gasteiger partial charge in [-0.2, -0.15) is 0 Å². The SMILES string of the molecule is NCCCCNC(=O)C=Cc1c(O)ccc(Cl)c1O. The average molecular weight is 285 g/mol. The van der Waals surface area contributed by atoms with Gasteiger partial charge in [0.25, 0.3) is 0 Å². The van der Waals surface area contributed by atoms with Gasteiger partial charge in [-0.3, -0.25) is 4.79 Å². The lowest BCUT2D eigenvalue weighted by molar-refractivity contribution is -0.116. The number of phenols is 2. The van der Waals surface area contributed by atoms with E-state index in [9.17, 15) is 15.0 Å². The van der Waals surface area contributed by atoms with Gasteiger partial charge < -0.3 is 21.3 Å². The maximum atomic E-state index is 11.5. The first-order valence-electron chi connectivity index (χ1n) is 5.92. The summed E-state index contributed by atoms with van der Waals surface area (Å²) in [6.45, 7) is 1.13. The van der Waals surface area contributed by atoms with Gasteiger partial charge in [0.15, 0.2) is 0 Å². The van der Waals surface area contributed by atoms with Crippen molar-refractivity contribution in [3.05, 3.63) is 28.8 Å².